The first kappa shape index (κ1) is 64.9. The average Bonchev–Trinajstić information content (AvgIpc) is 3.91. The van der Waals surface area contributed by atoms with Gasteiger partial charge in [0.2, 0.25) is 59.1 Å². The molecule has 77 heavy (non-hydrogen) atoms. The predicted octanol–water partition coefficient (Wildman–Crippen LogP) is -6.15. The molecule has 2 unspecified atom stereocenters. The number of hydrogen-bond acceptors (Lipinski definition) is 17. The van der Waals surface area contributed by atoms with Crippen molar-refractivity contribution in [2.45, 2.75) is 171 Å². The highest BCUT2D eigenvalue weighted by Gasteiger charge is 2.37. The quantitative estimate of drug-likeness (QED) is 0.0514. The van der Waals surface area contributed by atoms with Gasteiger partial charge in [0.1, 0.15) is 54.4 Å². The fourth-order valence-corrected chi connectivity index (χ4v) is 8.74. The Morgan fingerprint density at radius 1 is 0.610 bits per heavy atom. The van der Waals surface area contributed by atoms with Gasteiger partial charge in [0.05, 0.1) is 12.2 Å². The number of rotatable bonds is 22. The van der Waals surface area contributed by atoms with Crippen LogP contribution in [0.5, 0.6) is 0 Å². The first-order valence-corrected chi connectivity index (χ1v) is 26.6. The monoisotopic (exact) mass is 1090 g/mol. The molecule has 10 amide bonds. The standard InChI is InChI=1S/C50H85N15O12/c1-27(2)25-37-47(74)59-32(14-19-51)42(69)58-35(17-22-54)46(73)65-40(28(3)66)49(76)56-24-18-36(45(72)57-33(15-20-52)44(71)63-38(48(75)62-37)26-30-9-6-5-7-10-30)60-43(70)34(16-21-53)61-50(77)41(29(4)67)64-39(68)13-12-31-11-8-23-55-31/h5-7,9-10,27-29,31-38,40-41,55,66-67H,8,11-26,51-54H2,1-4H3,(H,56,76)(H,57,72)(H,58,69)(H,59,74)(H,60,70)(H,61,77)(H,62,75)(H,63,71)(H,64,68)(H,65,73)/t28?,29?,31-,32-,33-,34-,35-,36-,37-,38+,40-,41-/m0/s1. The number of carbonyl (C=O) groups is 10. The Labute approximate surface area is 449 Å². The van der Waals surface area contributed by atoms with E-state index in [2.05, 4.69) is 58.5 Å². The zero-order chi connectivity index (χ0) is 57.2. The molecular formula is C50H85N15O12. The number of hydrogen-bond donors (Lipinski definition) is 17. The van der Waals surface area contributed by atoms with Crippen molar-refractivity contribution in [3.8, 4) is 0 Å². The lowest BCUT2D eigenvalue weighted by atomic mass is 10.00. The third kappa shape index (κ3) is 22.3. The predicted molar refractivity (Wildman–Crippen MR) is 283 cm³/mol. The normalized spacial score (nSPS) is 25.3. The molecule has 27 nitrogen and oxygen atoms in total. The molecule has 2 aliphatic rings. The summed E-state index contributed by atoms with van der Waals surface area (Å²) in [5.74, 6) is -8.82. The van der Waals surface area contributed by atoms with E-state index in [9.17, 15) is 58.2 Å². The second-order valence-electron chi connectivity index (χ2n) is 20.0. The summed E-state index contributed by atoms with van der Waals surface area (Å²) in [6.07, 6.45) is -1.66. The second kappa shape index (κ2) is 33.7. The number of aliphatic hydroxyl groups is 2. The summed E-state index contributed by atoms with van der Waals surface area (Å²) in [7, 11) is 0. The van der Waals surface area contributed by atoms with Gasteiger partial charge in [0, 0.05) is 25.4 Å². The smallest absolute Gasteiger partial charge is 0.245 e. The Hall–Kier alpha value is -6.36. The second-order valence-corrected chi connectivity index (χ2v) is 20.0. The molecule has 2 fully saturated rings. The molecular weight excluding hydrogens is 1000 g/mol. The minimum absolute atomic E-state index is 0.0586. The number of aliphatic hydroxyl groups excluding tert-OH is 2. The van der Waals surface area contributed by atoms with Crippen LogP contribution in [0.3, 0.4) is 0 Å². The van der Waals surface area contributed by atoms with Crippen LogP contribution in [-0.2, 0) is 54.4 Å². The highest BCUT2D eigenvalue weighted by atomic mass is 16.3. The SMILES string of the molecule is CC(C)C[C@@H]1NC(=O)[C@@H](Cc2ccccc2)NC(=O)[C@H](CCN)NC(=O)[C@@H](NC(=O)[C@H](CCN)NC(=O)[C@@H](NC(=O)CC[C@@H]2CCCN2)C(C)O)CCNC(=O)[C@H](C(C)O)NC(=O)[C@H](CCN)NC(=O)[C@H](CCN)NC1=O. The molecule has 0 radical (unpaired) electrons. The summed E-state index contributed by atoms with van der Waals surface area (Å²) in [4.78, 5) is 139. The Bertz CT molecular complexity index is 2110. The Morgan fingerprint density at radius 3 is 1.66 bits per heavy atom. The van der Waals surface area contributed by atoms with Crippen LogP contribution in [0.2, 0.25) is 0 Å². The first-order chi connectivity index (χ1) is 36.6. The fourth-order valence-electron chi connectivity index (χ4n) is 8.74. The van der Waals surface area contributed by atoms with Crippen LogP contribution in [0.1, 0.15) is 97.5 Å². The van der Waals surface area contributed by atoms with Crippen molar-refractivity contribution in [3.63, 3.8) is 0 Å². The van der Waals surface area contributed by atoms with Crippen molar-refractivity contribution >= 4 is 59.1 Å². The molecule has 0 spiro atoms. The maximum atomic E-state index is 14.4. The van der Waals surface area contributed by atoms with E-state index in [1.165, 1.54) is 13.8 Å². The topological polar surface area (TPSA) is 448 Å². The van der Waals surface area contributed by atoms with E-state index < -0.39 is 139 Å². The lowest BCUT2D eigenvalue weighted by molar-refractivity contribution is -0.136. The highest BCUT2D eigenvalue weighted by Crippen LogP contribution is 2.13. The Morgan fingerprint density at radius 2 is 1.14 bits per heavy atom. The van der Waals surface area contributed by atoms with Crippen LogP contribution < -0.4 is 81.4 Å². The summed E-state index contributed by atoms with van der Waals surface area (Å²) in [5, 5.41) is 50.2. The van der Waals surface area contributed by atoms with Gasteiger partial charge in [-0.15, -0.1) is 0 Å². The molecule has 2 aliphatic heterocycles. The van der Waals surface area contributed by atoms with Gasteiger partial charge in [-0.3, -0.25) is 47.9 Å². The van der Waals surface area contributed by atoms with Gasteiger partial charge in [-0.1, -0.05) is 44.2 Å². The number of benzene rings is 1. The molecule has 0 saturated carbocycles. The summed E-state index contributed by atoms with van der Waals surface area (Å²) in [6.45, 7) is 5.92. The van der Waals surface area contributed by atoms with Gasteiger partial charge in [-0.05, 0) is 116 Å². The van der Waals surface area contributed by atoms with E-state index >= 15 is 0 Å². The number of nitrogens with two attached hydrogens (primary N) is 4. The highest BCUT2D eigenvalue weighted by molar-refractivity contribution is 5.99. The number of carbonyl (C=O) groups excluding carboxylic acids is 10. The van der Waals surface area contributed by atoms with Crippen LogP contribution in [0.15, 0.2) is 30.3 Å². The van der Waals surface area contributed by atoms with Crippen molar-refractivity contribution in [1.29, 1.82) is 0 Å². The van der Waals surface area contributed by atoms with Crippen molar-refractivity contribution in [3.05, 3.63) is 35.9 Å². The molecule has 27 heteroatoms. The van der Waals surface area contributed by atoms with E-state index in [1.54, 1.807) is 44.2 Å². The van der Waals surface area contributed by atoms with Gasteiger partial charge in [0.15, 0.2) is 0 Å². The first-order valence-electron chi connectivity index (χ1n) is 26.6. The summed E-state index contributed by atoms with van der Waals surface area (Å²) >= 11 is 0. The fraction of sp³-hybridized carbons (Fsp3) is 0.680. The molecule has 0 bridgehead atoms. The van der Waals surface area contributed by atoms with Crippen molar-refractivity contribution < 1.29 is 58.2 Å². The van der Waals surface area contributed by atoms with Gasteiger partial charge in [-0.25, -0.2) is 0 Å². The molecule has 2 heterocycles. The van der Waals surface area contributed by atoms with Crippen LogP contribution >= 0.6 is 0 Å². The molecule has 12 atom stereocenters. The molecule has 1 aromatic carbocycles. The molecule has 2 saturated heterocycles. The van der Waals surface area contributed by atoms with Gasteiger partial charge >= 0.3 is 0 Å². The van der Waals surface area contributed by atoms with E-state index in [4.69, 9.17) is 22.9 Å². The average molecular weight is 1090 g/mol. The van der Waals surface area contributed by atoms with Crippen LogP contribution in [0, 0.1) is 5.92 Å². The molecule has 21 N–H and O–H groups in total. The molecule has 432 valence electrons. The largest absolute Gasteiger partial charge is 0.391 e. The van der Waals surface area contributed by atoms with Gasteiger partial charge in [0.25, 0.3) is 0 Å². The van der Waals surface area contributed by atoms with Gasteiger partial charge < -0.3 is 91.6 Å². The minimum atomic E-state index is -1.66. The van der Waals surface area contributed by atoms with Crippen molar-refractivity contribution in [2.75, 3.05) is 39.3 Å². The van der Waals surface area contributed by atoms with E-state index in [-0.39, 0.29) is 83.1 Å². The van der Waals surface area contributed by atoms with E-state index in [0.717, 1.165) is 19.4 Å². The van der Waals surface area contributed by atoms with Crippen molar-refractivity contribution in [2.24, 2.45) is 28.9 Å². The molecule has 0 aliphatic carbocycles. The van der Waals surface area contributed by atoms with Crippen molar-refractivity contribution in [1.82, 2.24) is 58.5 Å². The lowest BCUT2D eigenvalue weighted by Gasteiger charge is -2.28. The Kier molecular flexibility index (Phi) is 28.4. The van der Waals surface area contributed by atoms with Gasteiger partial charge in [-0.2, -0.15) is 0 Å². The lowest BCUT2D eigenvalue weighted by Crippen LogP contribution is -2.61. The summed E-state index contributed by atoms with van der Waals surface area (Å²) in [6, 6.07) is -4.34. The minimum Gasteiger partial charge on any atom is -0.391 e. The maximum Gasteiger partial charge on any atom is 0.245 e. The number of nitrogens with one attached hydrogen (secondary N) is 11. The molecule has 0 aromatic heterocycles. The maximum absolute atomic E-state index is 14.4. The summed E-state index contributed by atoms with van der Waals surface area (Å²) < 4.78 is 0. The summed E-state index contributed by atoms with van der Waals surface area (Å²) in [5.41, 5.74) is 24.1. The molecule has 3 rings (SSSR count). The molecule has 1 aromatic rings. The van der Waals surface area contributed by atoms with Crippen LogP contribution in [0.25, 0.3) is 0 Å². The zero-order valence-electron chi connectivity index (χ0n) is 44.7. The third-order valence-corrected chi connectivity index (χ3v) is 13.0. The van der Waals surface area contributed by atoms with E-state index in [0.29, 0.717) is 12.0 Å². The van der Waals surface area contributed by atoms with Crippen LogP contribution in [-0.4, -0.2) is 181 Å². The zero-order valence-corrected chi connectivity index (χ0v) is 44.7. The van der Waals surface area contributed by atoms with Crippen LogP contribution in [0.4, 0.5) is 0 Å². The Balaban J connectivity index is 2.08. The number of amides is 10. The third-order valence-electron chi connectivity index (χ3n) is 13.0. The van der Waals surface area contributed by atoms with E-state index in [1.807, 2.05) is 0 Å².